The second-order valence-corrected chi connectivity index (χ2v) is 30.5. The Balaban J connectivity index is 0.000000211. The van der Waals surface area contributed by atoms with Gasteiger partial charge in [0.2, 0.25) is 0 Å². The van der Waals surface area contributed by atoms with Crippen molar-refractivity contribution in [1.82, 2.24) is 0 Å². The van der Waals surface area contributed by atoms with Crippen LogP contribution in [-0.4, -0.2) is 38.0 Å². The first kappa shape index (κ1) is 42.7. The van der Waals surface area contributed by atoms with Crippen LogP contribution >= 0.6 is 27.3 Å². The number of hydrogen-bond acceptors (Lipinski definition) is 2. The van der Waals surface area contributed by atoms with Crippen LogP contribution in [0.5, 0.6) is 0 Å². The zero-order valence-corrected chi connectivity index (χ0v) is 39.7. The maximum absolute atomic E-state index is 7.66. The first-order chi connectivity index (χ1) is 27.0. The Kier molecular flexibility index (Phi) is 14.8. The molecule has 0 spiro atoms. The number of rotatable bonds is 6. The van der Waals surface area contributed by atoms with Crippen molar-refractivity contribution in [1.29, 1.82) is 0 Å². The number of fused-ring (bicyclic) bond motifs is 1. The Labute approximate surface area is 353 Å². The Morgan fingerprint density at radius 1 is 0.500 bits per heavy atom. The first-order valence-corrected chi connectivity index (χ1v) is 30.3. The van der Waals surface area contributed by atoms with Crippen LogP contribution in [-0.2, 0) is 11.9 Å². The van der Waals surface area contributed by atoms with Crippen molar-refractivity contribution in [3.8, 4) is 0 Å². The molecule has 0 amide bonds. The minimum absolute atomic E-state index is 0.353. The van der Waals surface area contributed by atoms with E-state index < -0.39 is 11.9 Å². The molecule has 4 saturated carbocycles. The fourth-order valence-corrected chi connectivity index (χ4v) is 22.3. The van der Waals surface area contributed by atoms with Crippen molar-refractivity contribution in [3.05, 3.63) is 93.5 Å². The van der Waals surface area contributed by atoms with Gasteiger partial charge < -0.3 is 0 Å². The van der Waals surface area contributed by atoms with E-state index in [1.165, 1.54) is 93.8 Å². The summed E-state index contributed by atoms with van der Waals surface area (Å²) < 4.78 is 3.31. The number of anilines is 2. The van der Waals surface area contributed by atoms with Gasteiger partial charge in [-0.25, -0.2) is 0 Å². The molecule has 1 saturated heterocycles. The normalized spacial score (nSPS) is 23.2. The summed E-state index contributed by atoms with van der Waals surface area (Å²) in [5, 5.41) is 0. The van der Waals surface area contributed by atoms with E-state index in [9.17, 15) is 0 Å². The Bertz CT molecular complexity index is 1740. The summed E-state index contributed by atoms with van der Waals surface area (Å²) >= 11 is -3.55. The third-order valence-electron chi connectivity index (χ3n) is 13.7. The second kappa shape index (κ2) is 19.3. The van der Waals surface area contributed by atoms with Gasteiger partial charge in [-0.2, -0.15) is 0 Å². The van der Waals surface area contributed by atoms with Crippen molar-refractivity contribution >= 4 is 47.6 Å². The fourth-order valence-electron chi connectivity index (χ4n) is 11.7. The number of halogens is 2. The summed E-state index contributed by atoms with van der Waals surface area (Å²) in [6.45, 7) is 13.3. The Morgan fingerprint density at radius 2 is 0.839 bits per heavy atom. The van der Waals surface area contributed by atoms with Crippen LogP contribution in [0.2, 0.25) is 0 Å². The minimum atomic E-state index is -3.55. The monoisotopic (exact) mass is 902 g/mol. The molecule has 0 N–H and O–H groups in total. The van der Waals surface area contributed by atoms with Crippen molar-refractivity contribution < 1.29 is 11.9 Å². The predicted molar refractivity (Wildman–Crippen MR) is 248 cm³/mol. The van der Waals surface area contributed by atoms with Gasteiger partial charge in [0.25, 0.3) is 0 Å². The van der Waals surface area contributed by atoms with Crippen LogP contribution in [0.4, 0.5) is 11.4 Å². The van der Waals surface area contributed by atoms with E-state index in [1.807, 2.05) is 6.07 Å². The second-order valence-electron chi connectivity index (χ2n) is 18.2. The fraction of sp³-hybridized carbons (Fsp3) is 0.600. The van der Waals surface area contributed by atoms with Crippen LogP contribution in [0, 0.1) is 41.5 Å². The van der Waals surface area contributed by atoms with E-state index in [4.69, 9.17) is 19.4 Å². The standard InChI is InChI=1S/C25H32N2.C18H33P.C7H6.2ClH.Ru/c1-16-11-18(3)24(19(4)12-16)26-15-27(23-10-8-7-9-22(23)26)25-20(5)13-17(2)14-21(25)6;1-4-10-16(11-5-1)19(17-12-6-2-7-13-17)18-14-8-3-9-15-18;1-7-5-3-2-4-6-7;;;/h11-14,22-23H,7-10H2,1-6H3;16-18H,1-15H2;1-6H;2*1H;/q;;;;;+2/p-2/t22-,23-;;;;;/m1...../s1. The summed E-state index contributed by atoms with van der Waals surface area (Å²) in [7, 11) is 15.7. The van der Waals surface area contributed by atoms with E-state index >= 15 is 0 Å². The molecule has 4 aliphatic carbocycles. The summed E-state index contributed by atoms with van der Waals surface area (Å²) in [5.74, 6) is 0. The van der Waals surface area contributed by atoms with Crippen LogP contribution in [0.3, 0.4) is 0 Å². The molecule has 1 heterocycles. The molecular weight excluding hydrogens is 832 g/mol. The molecule has 2 atom stereocenters. The van der Waals surface area contributed by atoms with Gasteiger partial charge in [-0.15, -0.1) is 0 Å². The van der Waals surface area contributed by atoms with Gasteiger partial charge in [-0.1, -0.05) is 65.7 Å². The number of nitrogens with zero attached hydrogens (tertiary/aromatic N) is 2. The average Bonchev–Trinajstić information content (AvgIpc) is 3.51. The number of aryl methyl sites for hydroxylation is 6. The predicted octanol–water partition coefficient (Wildman–Crippen LogP) is 15.0. The molecule has 308 valence electrons. The quantitative estimate of drug-likeness (QED) is 0.180. The molecule has 0 unspecified atom stereocenters. The summed E-state index contributed by atoms with van der Waals surface area (Å²) in [5.41, 5.74) is 15.0. The zero-order chi connectivity index (χ0) is 39.4. The van der Waals surface area contributed by atoms with E-state index in [1.54, 1.807) is 77.0 Å². The summed E-state index contributed by atoms with van der Waals surface area (Å²) in [4.78, 5) is 5.19. The molecule has 56 heavy (non-hydrogen) atoms. The van der Waals surface area contributed by atoms with Crippen LogP contribution in [0.25, 0.3) is 0 Å². The molecular formula is C50H71Cl2N2PRu. The van der Waals surface area contributed by atoms with Crippen molar-refractivity contribution in [2.24, 2.45) is 0 Å². The van der Waals surface area contributed by atoms with Crippen LogP contribution < -0.4 is 9.80 Å². The molecule has 3 aromatic carbocycles. The maximum atomic E-state index is 7.66. The third-order valence-corrected chi connectivity index (χ3v) is 23.2. The van der Waals surface area contributed by atoms with E-state index in [2.05, 4.69) is 104 Å². The summed E-state index contributed by atoms with van der Waals surface area (Å²) in [6.07, 6.45) is 28.4. The molecule has 5 aliphatic rings. The molecule has 2 nitrogen and oxygen atoms in total. The van der Waals surface area contributed by atoms with Gasteiger partial charge in [-0.3, -0.25) is 0 Å². The zero-order valence-electron chi connectivity index (χ0n) is 35.5. The molecule has 6 heteroatoms. The molecule has 0 bridgehead atoms. The van der Waals surface area contributed by atoms with Gasteiger partial charge in [0.1, 0.15) is 0 Å². The van der Waals surface area contributed by atoms with Crippen molar-refractivity contribution in [2.75, 3.05) is 9.80 Å². The third kappa shape index (κ3) is 9.64. The molecule has 0 radical (unpaired) electrons. The van der Waals surface area contributed by atoms with Crippen LogP contribution in [0.1, 0.15) is 161 Å². The van der Waals surface area contributed by atoms with Crippen molar-refractivity contribution in [3.63, 3.8) is 0 Å². The average molecular weight is 903 g/mol. The molecule has 0 aromatic heterocycles. The molecule has 5 fully saturated rings. The summed E-state index contributed by atoms with van der Waals surface area (Å²) in [6, 6.07) is 20.3. The van der Waals surface area contributed by atoms with Gasteiger partial charge in [-0.05, 0) is 55.5 Å². The SMILES string of the molecule is C1CCC(P(C2CCCCC2)C2CCCCC2)CC1.Cc1cc(C)c(N2[C](=[Ru]([Cl])([Cl])=[CH]c3ccccc3)N(c3c(C)cc(C)cc3C)[C@@H]3CCCC[C@H]32)c(C)c1. The first-order valence-electron chi connectivity index (χ1n) is 22.4. The topological polar surface area (TPSA) is 6.48 Å². The van der Waals surface area contributed by atoms with Gasteiger partial charge in [0.15, 0.2) is 0 Å². The Morgan fingerprint density at radius 3 is 1.20 bits per heavy atom. The van der Waals surface area contributed by atoms with Gasteiger partial charge in [0.05, 0.1) is 0 Å². The number of hydrogen-bond donors (Lipinski definition) is 0. The van der Waals surface area contributed by atoms with E-state index in [0.29, 0.717) is 20.0 Å². The van der Waals surface area contributed by atoms with Crippen molar-refractivity contribution in [2.45, 2.75) is 193 Å². The molecule has 8 rings (SSSR count). The Hall–Kier alpha value is -1.37. The van der Waals surface area contributed by atoms with Gasteiger partial charge in [0, 0.05) is 0 Å². The van der Waals surface area contributed by atoms with Gasteiger partial charge >= 0.3 is 234 Å². The molecule has 3 aromatic rings. The van der Waals surface area contributed by atoms with E-state index in [-0.39, 0.29) is 0 Å². The molecule has 1 aliphatic heterocycles. The van der Waals surface area contributed by atoms with E-state index in [0.717, 1.165) is 22.8 Å². The number of benzene rings is 3. The van der Waals surface area contributed by atoms with Crippen LogP contribution in [0.15, 0.2) is 54.6 Å².